The van der Waals surface area contributed by atoms with Gasteiger partial charge in [0.2, 0.25) is 11.8 Å². The minimum atomic E-state index is -0.838. The molecule has 0 aliphatic carbocycles. The zero-order valence-corrected chi connectivity index (χ0v) is 20.9. The lowest BCUT2D eigenvalue weighted by Crippen LogP contribution is -2.53. The van der Waals surface area contributed by atoms with Crippen LogP contribution in [0.15, 0.2) is 48.5 Å². The van der Waals surface area contributed by atoms with Crippen molar-refractivity contribution in [2.45, 2.75) is 45.1 Å². The van der Waals surface area contributed by atoms with Crippen LogP contribution in [0, 0.1) is 5.41 Å². The fraction of sp³-hybridized carbons (Fsp3) is 0.423. The van der Waals surface area contributed by atoms with Gasteiger partial charge in [-0.05, 0) is 55.5 Å². The maximum atomic E-state index is 12.8. The average molecular weight is 501 g/mol. The van der Waals surface area contributed by atoms with Crippen LogP contribution in [0.1, 0.15) is 43.7 Å². The van der Waals surface area contributed by atoms with E-state index in [1.165, 1.54) is 0 Å². The lowest BCUT2D eigenvalue weighted by molar-refractivity contribution is -0.136. The number of hydrogen-bond donors (Lipinski definition) is 3. The van der Waals surface area contributed by atoms with Crippen molar-refractivity contribution >= 4 is 35.2 Å². The number of hydrogen-bond acceptors (Lipinski definition) is 5. The van der Waals surface area contributed by atoms with Crippen LogP contribution in [-0.4, -0.2) is 48.5 Å². The standard InChI is InChI=1S/C26H33ClN4O4/c1-3-18-8-10-19(11-9-18)30-25(34)35-16-26(12-14-31(15-13-26)24(33)17(2)28)22(23(29)32)20-6-4-5-7-21(20)27/h4-11,17,22H,3,12-16,28H2,1-2H3,(H2,29,32)(H,30,34)/t17-,22?/m1/s1. The monoisotopic (exact) mass is 500 g/mol. The smallest absolute Gasteiger partial charge is 0.411 e. The van der Waals surface area contributed by atoms with Crippen LogP contribution in [0.25, 0.3) is 0 Å². The van der Waals surface area contributed by atoms with Crippen LogP contribution in [0.4, 0.5) is 10.5 Å². The van der Waals surface area contributed by atoms with Gasteiger partial charge in [-0.2, -0.15) is 0 Å². The minimum Gasteiger partial charge on any atom is -0.449 e. The number of ether oxygens (including phenoxy) is 1. The van der Waals surface area contributed by atoms with Gasteiger partial charge in [-0.25, -0.2) is 4.79 Å². The minimum absolute atomic E-state index is 0.0646. The number of nitrogens with zero attached hydrogens (tertiary/aromatic N) is 1. The van der Waals surface area contributed by atoms with Crippen molar-refractivity contribution in [2.75, 3.05) is 25.0 Å². The van der Waals surface area contributed by atoms with E-state index in [9.17, 15) is 14.4 Å². The van der Waals surface area contributed by atoms with E-state index in [1.54, 1.807) is 36.1 Å². The quantitative estimate of drug-likeness (QED) is 0.509. The molecule has 1 aliphatic rings. The van der Waals surface area contributed by atoms with E-state index in [1.807, 2.05) is 24.3 Å². The molecule has 3 rings (SSSR count). The number of rotatable bonds is 8. The Morgan fingerprint density at radius 2 is 1.74 bits per heavy atom. The molecule has 0 radical (unpaired) electrons. The van der Waals surface area contributed by atoms with Crippen LogP contribution in [-0.2, 0) is 20.7 Å². The molecule has 0 bridgehead atoms. The number of primary amides is 1. The molecule has 3 amide bonds. The molecule has 9 heteroatoms. The number of likely N-dealkylation sites (tertiary alicyclic amines) is 1. The second kappa shape index (κ2) is 11.6. The zero-order valence-electron chi connectivity index (χ0n) is 20.1. The molecule has 2 aromatic carbocycles. The molecule has 188 valence electrons. The lowest BCUT2D eigenvalue weighted by Gasteiger charge is -2.45. The van der Waals surface area contributed by atoms with Gasteiger partial charge in [-0.15, -0.1) is 0 Å². The number of carbonyl (C=O) groups excluding carboxylic acids is 3. The third-order valence-corrected chi connectivity index (χ3v) is 7.02. The molecule has 8 nitrogen and oxygen atoms in total. The van der Waals surface area contributed by atoms with Gasteiger partial charge in [0.1, 0.15) is 6.61 Å². The molecule has 0 saturated carbocycles. The predicted octanol–water partition coefficient (Wildman–Crippen LogP) is 3.68. The molecular formula is C26H33ClN4O4. The maximum Gasteiger partial charge on any atom is 0.411 e. The van der Waals surface area contributed by atoms with Crippen molar-refractivity contribution in [3.63, 3.8) is 0 Å². The summed E-state index contributed by atoms with van der Waals surface area (Å²) in [7, 11) is 0. The highest BCUT2D eigenvalue weighted by atomic mass is 35.5. The van der Waals surface area contributed by atoms with E-state index < -0.39 is 29.4 Å². The van der Waals surface area contributed by atoms with E-state index in [-0.39, 0.29) is 12.5 Å². The number of nitrogens with two attached hydrogens (primary N) is 2. The van der Waals surface area contributed by atoms with E-state index >= 15 is 0 Å². The molecule has 1 aliphatic heterocycles. The molecule has 1 unspecified atom stereocenters. The summed E-state index contributed by atoms with van der Waals surface area (Å²) in [6.45, 7) is 4.35. The summed E-state index contributed by atoms with van der Waals surface area (Å²) in [5, 5.41) is 3.13. The van der Waals surface area contributed by atoms with Gasteiger partial charge in [0.25, 0.3) is 0 Å². The third kappa shape index (κ3) is 6.32. The number of nitrogens with one attached hydrogen (secondary N) is 1. The largest absolute Gasteiger partial charge is 0.449 e. The van der Waals surface area contributed by atoms with E-state index in [0.717, 1.165) is 12.0 Å². The number of piperidine rings is 1. The molecule has 2 aromatic rings. The topological polar surface area (TPSA) is 128 Å². The molecule has 35 heavy (non-hydrogen) atoms. The SMILES string of the molecule is CCc1ccc(NC(=O)OCC2(C(C(N)=O)c3ccccc3Cl)CCN(C(=O)[C@@H](C)N)CC2)cc1. The third-order valence-electron chi connectivity index (χ3n) is 6.67. The summed E-state index contributed by atoms with van der Waals surface area (Å²) in [5.41, 5.74) is 13.2. The van der Waals surface area contributed by atoms with Crippen molar-refractivity contribution in [3.8, 4) is 0 Å². The Morgan fingerprint density at radius 3 is 2.29 bits per heavy atom. The van der Waals surface area contributed by atoms with E-state index in [2.05, 4.69) is 12.2 Å². The Kier molecular flexibility index (Phi) is 8.75. The van der Waals surface area contributed by atoms with Crippen LogP contribution in [0.5, 0.6) is 0 Å². The highest BCUT2D eigenvalue weighted by molar-refractivity contribution is 6.31. The highest BCUT2D eigenvalue weighted by Crippen LogP contribution is 2.46. The molecule has 0 spiro atoms. The molecule has 1 heterocycles. The van der Waals surface area contributed by atoms with Gasteiger partial charge in [0, 0.05) is 29.2 Å². The Balaban J connectivity index is 1.83. The first-order chi connectivity index (χ1) is 16.7. The summed E-state index contributed by atoms with van der Waals surface area (Å²) >= 11 is 6.45. The second-order valence-electron chi connectivity index (χ2n) is 9.08. The lowest BCUT2D eigenvalue weighted by atomic mass is 9.66. The van der Waals surface area contributed by atoms with Crippen LogP contribution < -0.4 is 16.8 Å². The average Bonchev–Trinajstić information content (AvgIpc) is 2.84. The molecular weight excluding hydrogens is 468 g/mol. The van der Waals surface area contributed by atoms with Crippen molar-refractivity contribution < 1.29 is 19.1 Å². The first-order valence-electron chi connectivity index (χ1n) is 11.8. The van der Waals surface area contributed by atoms with Crippen molar-refractivity contribution in [3.05, 3.63) is 64.7 Å². The van der Waals surface area contributed by atoms with Gasteiger partial charge in [0.15, 0.2) is 0 Å². The molecule has 5 N–H and O–H groups in total. The van der Waals surface area contributed by atoms with Crippen LogP contribution >= 0.6 is 11.6 Å². The summed E-state index contributed by atoms with van der Waals surface area (Å²) < 4.78 is 5.65. The number of amides is 3. The van der Waals surface area contributed by atoms with Gasteiger partial charge < -0.3 is 21.1 Å². The fourth-order valence-electron chi connectivity index (χ4n) is 4.66. The predicted molar refractivity (Wildman–Crippen MR) is 136 cm³/mol. The zero-order chi connectivity index (χ0) is 25.6. The van der Waals surface area contributed by atoms with E-state index in [4.69, 9.17) is 27.8 Å². The molecule has 1 fully saturated rings. The summed E-state index contributed by atoms with van der Waals surface area (Å²) in [4.78, 5) is 39.6. The first kappa shape index (κ1) is 26.5. The van der Waals surface area contributed by atoms with Gasteiger partial charge in [0.05, 0.1) is 12.0 Å². The highest BCUT2D eigenvalue weighted by Gasteiger charge is 2.47. The molecule has 2 atom stereocenters. The molecule has 0 aromatic heterocycles. The van der Waals surface area contributed by atoms with Crippen LogP contribution in [0.3, 0.4) is 0 Å². The summed E-state index contributed by atoms with van der Waals surface area (Å²) in [6.07, 6.45) is 1.04. The Labute approximate surface area is 210 Å². The number of anilines is 1. The van der Waals surface area contributed by atoms with Gasteiger partial charge >= 0.3 is 6.09 Å². The fourth-order valence-corrected chi connectivity index (χ4v) is 4.90. The summed E-state index contributed by atoms with van der Waals surface area (Å²) in [5.74, 6) is -1.54. The van der Waals surface area contributed by atoms with Crippen molar-refractivity contribution in [2.24, 2.45) is 16.9 Å². The Hall–Kier alpha value is -3.10. The number of halogens is 1. The second-order valence-corrected chi connectivity index (χ2v) is 9.49. The number of aryl methyl sites for hydroxylation is 1. The van der Waals surface area contributed by atoms with Crippen molar-refractivity contribution in [1.82, 2.24) is 4.90 Å². The van der Waals surface area contributed by atoms with Crippen LogP contribution in [0.2, 0.25) is 5.02 Å². The Bertz CT molecular complexity index is 1050. The number of benzene rings is 2. The van der Waals surface area contributed by atoms with E-state index in [0.29, 0.717) is 42.2 Å². The van der Waals surface area contributed by atoms with Gasteiger partial charge in [-0.1, -0.05) is 48.9 Å². The number of carbonyl (C=O) groups is 3. The maximum absolute atomic E-state index is 12.8. The first-order valence-corrected chi connectivity index (χ1v) is 12.2. The van der Waals surface area contributed by atoms with Crippen molar-refractivity contribution in [1.29, 1.82) is 0 Å². The summed E-state index contributed by atoms with van der Waals surface area (Å²) in [6, 6.07) is 13.9. The normalized spacial score (nSPS) is 16.7. The van der Waals surface area contributed by atoms with Gasteiger partial charge in [-0.3, -0.25) is 14.9 Å². The molecule has 1 saturated heterocycles. The Morgan fingerprint density at radius 1 is 1.11 bits per heavy atom.